The number of hydrogen-bond donors (Lipinski definition) is 0. The summed E-state index contributed by atoms with van der Waals surface area (Å²) in [6.07, 6.45) is 8.08. The van der Waals surface area contributed by atoms with E-state index >= 15 is 0 Å². The number of likely N-dealkylation sites (tertiary alicyclic amines) is 2. The average Bonchev–Trinajstić information content (AvgIpc) is 2.63. The molecule has 0 aliphatic carbocycles. The van der Waals surface area contributed by atoms with Crippen molar-refractivity contribution < 1.29 is 9.59 Å². The van der Waals surface area contributed by atoms with Crippen LogP contribution in [0.5, 0.6) is 0 Å². The van der Waals surface area contributed by atoms with Gasteiger partial charge < -0.3 is 9.80 Å². The number of rotatable bonds is 4. The Labute approximate surface area is 156 Å². The number of carbonyl (C=O) groups excluding carboxylic acids is 2. The van der Waals surface area contributed by atoms with Crippen LogP contribution < -0.4 is 0 Å². The zero-order chi connectivity index (χ0) is 18.7. The molecule has 2 fully saturated rings. The van der Waals surface area contributed by atoms with Crippen molar-refractivity contribution in [1.82, 2.24) is 14.8 Å². The molecule has 2 aliphatic heterocycles. The molecule has 3 rings (SSSR count). The minimum absolute atomic E-state index is 0.0644. The lowest BCUT2D eigenvalue weighted by Gasteiger charge is -2.48. The Kier molecular flexibility index (Phi) is 5.64. The van der Waals surface area contributed by atoms with Crippen molar-refractivity contribution in [2.45, 2.75) is 52.9 Å². The highest BCUT2D eigenvalue weighted by atomic mass is 16.2. The summed E-state index contributed by atoms with van der Waals surface area (Å²) in [6.45, 7) is 9.55. The summed E-state index contributed by atoms with van der Waals surface area (Å²) in [7, 11) is 0. The smallest absolute Gasteiger partial charge is 0.255 e. The van der Waals surface area contributed by atoms with E-state index in [9.17, 15) is 9.59 Å². The normalized spacial score (nSPS) is 23.8. The first-order valence-electron chi connectivity index (χ1n) is 9.88. The van der Waals surface area contributed by atoms with E-state index in [0.29, 0.717) is 17.9 Å². The van der Waals surface area contributed by atoms with Crippen LogP contribution in [0.25, 0.3) is 0 Å². The molecule has 1 aromatic heterocycles. The minimum atomic E-state index is 0.0644. The summed E-state index contributed by atoms with van der Waals surface area (Å²) in [5.74, 6) is 0.960. The van der Waals surface area contributed by atoms with Gasteiger partial charge in [0.15, 0.2) is 0 Å². The van der Waals surface area contributed by atoms with E-state index in [2.05, 4.69) is 18.8 Å². The molecule has 1 aromatic rings. The summed E-state index contributed by atoms with van der Waals surface area (Å²) in [5.41, 5.74) is 1.74. The summed E-state index contributed by atoms with van der Waals surface area (Å²) in [4.78, 5) is 33.5. The average molecular weight is 357 g/mol. The molecule has 1 atom stereocenters. The first-order valence-corrected chi connectivity index (χ1v) is 9.88. The quantitative estimate of drug-likeness (QED) is 0.831. The van der Waals surface area contributed by atoms with Crippen molar-refractivity contribution in [3.8, 4) is 0 Å². The lowest BCUT2D eigenvalue weighted by molar-refractivity contribution is -0.139. The molecule has 0 aromatic carbocycles. The van der Waals surface area contributed by atoms with E-state index in [1.165, 1.54) is 0 Å². The van der Waals surface area contributed by atoms with Gasteiger partial charge in [0.1, 0.15) is 0 Å². The fourth-order valence-electron chi connectivity index (χ4n) is 4.29. The van der Waals surface area contributed by atoms with Gasteiger partial charge >= 0.3 is 0 Å². The molecule has 2 saturated heterocycles. The molecule has 0 unspecified atom stereocenters. The monoisotopic (exact) mass is 357 g/mol. The molecule has 3 heterocycles. The fraction of sp³-hybridized carbons (Fsp3) is 0.667. The number of pyridine rings is 1. The molecular formula is C21H31N3O2. The maximum atomic E-state index is 13.0. The number of aromatic nitrogens is 1. The first kappa shape index (κ1) is 18.9. The number of piperidine rings is 2. The van der Waals surface area contributed by atoms with Crippen LogP contribution in [0, 0.1) is 18.3 Å². The standard InChI is InChI=1S/C21H31N3O2/c1-16(2)7-12-23-14-21(9-5-19(23)25)8-4-11-24(15-21)20(26)18-13-22-10-6-17(18)3/h6,10,13,16H,4-5,7-9,11-12,14-15H2,1-3H3/t21-/m1/s1. The van der Waals surface area contributed by atoms with Crippen LogP contribution >= 0.6 is 0 Å². The van der Waals surface area contributed by atoms with Crippen LogP contribution in [-0.4, -0.2) is 52.8 Å². The van der Waals surface area contributed by atoms with Crippen LogP contribution in [0.3, 0.4) is 0 Å². The van der Waals surface area contributed by atoms with Crippen molar-refractivity contribution >= 4 is 11.8 Å². The topological polar surface area (TPSA) is 53.5 Å². The molecule has 0 N–H and O–H groups in total. The molecule has 26 heavy (non-hydrogen) atoms. The van der Waals surface area contributed by atoms with Crippen LogP contribution in [0.1, 0.15) is 61.9 Å². The number of nitrogens with zero attached hydrogens (tertiary/aromatic N) is 3. The van der Waals surface area contributed by atoms with Gasteiger partial charge in [0.2, 0.25) is 5.91 Å². The zero-order valence-electron chi connectivity index (χ0n) is 16.3. The molecule has 0 radical (unpaired) electrons. The molecule has 2 aliphatic rings. The van der Waals surface area contributed by atoms with Gasteiger partial charge in [-0.1, -0.05) is 13.8 Å². The van der Waals surface area contributed by atoms with E-state index in [1.54, 1.807) is 12.4 Å². The Balaban J connectivity index is 1.71. The maximum absolute atomic E-state index is 13.0. The van der Waals surface area contributed by atoms with Gasteiger partial charge in [0.05, 0.1) is 5.56 Å². The number of amides is 2. The van der Waals surface area contributed by atoms with Crippen molar-refractivity contribution in [3.63, 3.8) is 0 Å². The number of hydrogen-bond acceptors (Lipinski definition) is 3. The van der Waals surface area contributed by atoms with Crippen molar-refractivity contribution in [1.29, 1.82) is 0 Å². The summed E-state index contributed by atoms with van der Waals surface area (Å²) >= 11 is 0. The van der Waals surface area contributed by atoms with Crippen molar-refractivity contribution in [2.24, 2.45) is 11.3 Å². The van der Waals surface area contributed by atoms with E-state index in [4.69, 9.17) is 0 Å². The van der Waals surface area contributed by atoms with Gasteiger partial charge in [0, 0.05) is 50.4 Å². The Morgan fingerprint density at radius 3 is 2.85 bits per heavy atom. The van der Waals surface area contributed by atoms with Crippen LogP contribution in [0.4, 0.5) is 0 Å². The van der Waals surface area contributed by atoms with Crippen molar-refractivity contribution in [3.05, 3.63) is 29.6 Å². The highest BCUT2D eigenvalue weighted by Crippen LogP contribution is 2.39. The molecule has 0 saturated carbocycles. The van der Waals surface area contributed by atoms with Gasteiger partial charge in [-0.15, -0.1) is 0 Å². The molecule has 1 spiro atoms. The Bertz CT molecular complexity index is 673. The second-order valence-corrected chi connectivity index (χ2v) is 8.52. The highest BCUT2D eigenvalue weighted by Gasteiger charge is 2.42. The molecule has 142 valence electrons. The van der Waals surface area contributed by atoms with Crippen LogP contribution in [0.2, 0.25) is 0 Å². The first-order chi connectivity index (χ1) is 12.4. The van der Waals surface area contributed by atoms with E-state index in [0.717, 1.165) is 57.4 Å². The Morgan fingerprint density at radius 1 is 1.31 bits per heavy atom. The molecule has 5 nitrogen and oxygen atoms in total. The summed E-state index contributed by atoms with van der Waals surface area (Å²) in [6, 6.07) is 1.89. The minimum Gasteiger partial charge on any atom is -0.342 e. The highest BCUT2D eigenvalue weighted by molar-refractivity contribution is 5.95. The summed E-state index contributed by atoms with van der Waals surface area (Å²) < 4.78 is 0. The lowest BCUT2D eigenvalue weighted by Crippen LogP contribution is -2.55. The predicted molar refractivity (Wildman–Crippen MR) is 102 cm³/mol. The Morgan fingerprint density at radius 2 is 2.12 bits per heavy atom. The number of aryl methyl sites for hydroxylation is 1. The predicted octanol–water partition coefficient (Wildman–Crippen LogP) is 3.28. The third kappa shape index (κ3) is 4.08. The van der Waals surface area contributed by atoms with Gasteiger partial charge in [-0.25, -0.2) is 0 Å². The summed E-state index contributed by atoms with van der Waals surface area (Å²) in [5, 5.41) is 0. The van der Waals surface area contributed by atoms with Crippen LogP contribution in [0.15, 0.2) is 18.5 Å². The maximum Gasteiger partial charge on any atom is 0.255 e. The Hall–Kier alpha value is -1.91. The second-order valence-electron chi connectivity index (χ2n) is 8.52. The molecule has 0 bridgehead atoms. The van der Waals surface area contributed by atoms with Gasteiger partial charge in [-0.3, -0.25) is 14.6 Å². The third-order valence-electron chi connectivity index (χ3n) is 5.94. The van der Waals surface area contributed by atoms with Gasteiger partial charge in [-0.2, -0.15) is 0 Å². The van der Waals surface area contributed by atoms with Gasteiger partial charge in [-0.05, 0) is 50.2 Å². The lowest BCUT2D eigenvalue weighted by atomic mass is 9.73. The van der Waals surface area contributed by atoms with E-state index in [-0.39, 0.29) is 17.2 Å². The van der Waals surface area contributed by atoms with Gasteiger partial charge in [0.25, 0.3) is 5.91 Å². The zero-order valence-corrected chi connectivity index (χ0v) is 16.3. The van der Waals surface area contributed by atoms with E-state index in [1.807, 2.05) is 22.8 Å². The fourth-order valence-corrected chi connectivity index (χ4v) is 4.29. The SMILES string of the molecule is Cc1ccncc1C(=O)N1CCC[C@]2(CCC(=O)N(CCC(C)C)C2)C1. The molecular weight excluding hydrogens is 326 g/mol. The molecule has 5 heteroatoms. The second kappa shape index (κ2) is 7.77. The third-order valence-corrected chi connectivity index (χ3v) is 5.94. The largest absolute Gasteiger partial charge is 0.342 e. The number of carbonyl (C=O) groups is 2. The van der Waals surface area contributed by atoms with E-state index < -0.39 is 0 Å². The van der Waals surface area contributed by atoms with Crippen molar-refractivity contribution in [2.75, 3.05) is 26.2 Å². The van der Waals surface area contributed by atoms with Crippen LogP contribution in [-0.2, 0) is 4.79 Å². The molecule has 2 amide bonds.